The molecule has 0 aliphatic heterocycles. The van der Waals surface area contributed by atoms with E-state index >= 15 is 0 Å². The van der Waals surface area contributed by atoms with E-state index in [4.69, 9.17) is 0 Å². The van der Waals surface area contributed by atoms with E-state index in [1.165, 1.54) is 33.4 Å². The van der Waals surface area contributed by atoms with Gasteiger partial charge in [-0.1, -0.05) is 20.8 Å². The number of rotatable bonds is 4. The summed E-state index contributed by atoms with van der Waals surface area (Å²) in [5.41, 5.74) is 8.82. The second-order valence-corrected chi connectivity index (χ2v) is 5.82. The van der Waals surface area contributed by atoms with Gasteiger partial charge in [0.1, 0.15) is 0 Å². The van der Waals surface area contributed by atoms with E-state index in [0.717, 1.165) is 6.54 Å². The molecule has 1 unspecified atom stereocenters. The van der Waals surface area contributed by atoms with Gasteiger partial charge in [0, 0.05) is 6.04 Å². The second kappa shape index (κ2) is 5.88. The SMILES string of the molecule is CCNC(c1c(C)c(C)c(C)c(C)c1C)C(C)C. The summed E-state index contributed by atoms with van der Waals surface area (Å²) in [6.07, 6.45) is 0. The predicted molar refractivity (Wildman–Crippen MR) is 81.4 cm³/mol. The van der Waals surface area contributed by atoms with Crippen molar-refractivity contribution in [1.82, 2.24) is 5.32 Å². The normalized spacial score (nSPS) is 13.2. The topological polar surface area (TPSA) is 12.0 Å². The molecule has 1 aromatic rings. The van der Waals surface area contributed by atoms with Crippen LogP contribution in [0.25, 0.3) is 0 Å². The van der Waals surface area contributed by atoms with Crippen molar-refractivity contribution in [3.05, 3.63) is 33.4 Å². The molecule has 0 saturated heterocycles. The molecule has 1 heteroatoms. The van der Waals surface area contributed by atoms with E-state index in [0.29, 0.717) is 12.0 Å². The van der Waals surface area contributed by atoms with Crippen molar-refractivity contribution in [2.75, 3.05) is 6.54 Å². The molecule has 18 heavy (non-hydrogen) atoms. The molecule has 1 atom stereocenters. The second-order valence-electron chi connectivity index (χ2n) is 5.82. The van der Waals surface area contributed by atoms with Gasteiger partial charge in [0.2, 0.25) is 0 Å². The Morgan fingerprint density at radius 3 is 1.50 bits per heavy atom. The molecule has 0 spiro atoms. The van der Waals surface area contributed by atoms with Crippen LogP contribution < -0.4 is 5.32 Å². The van der Waals surface area contributed by atoms with Crippen molar-refractivity contribution in [2.45, 2.75) is 61.4 Å². The Bertz CT molecular complexity index is 401. The zero-order valence-electron chi connectivity index (χ0n) is 13.4. The Hall–Kier alpha value is -0.820. The molecule has 0 heterocycles. The minimum atomic E-state index is 0.466. The molecule has 0 saturated carbocycles. The van der Waals surface area contributed by atoms with Gasteiger partial charge in [-0.2, -0.15) is 0 Å². The minimum absolute atomic E-state index is 0.466. The zero-order chi connectivity index (χ0) is 14.0. The van der Waals surface area contributed by atoms with Crippen LogP contribution in [0.4, 0.5) is 0 Å². The summed E-state index contributed by atoms with van der Waals surface area (Å²) in [6.45, 7) is 19.1. The van der Waals surface area contributed by atoms with Gasteiger partial charge in [-0.3, -0.25) is 0 Å². The smallest absolute Gasteiger partial charge is 0.0348 e. The largest absolute Gasteiger partial charge is 0.310 e. The maximum Gasteiger partial charge on any atom is 0.0348 e. The van der Waals surface area contributed by atoms with Gasteiger partial charge in [0.15, 0.2) is 0 Å². The lowest BCUT2D eigenvalue weighted by atomic mass is 9.83. The highest BCUT2D eigenvalue weighted by Gasteiger charge is 2.21. The monoisotopic (exact) mass is 247 g/mol. The molecule has 0 aliphatic carbocycles. The average Bonchev–Trinajstić information content (AvgIpc) is 2.33. The van der Waals surface area contributed by atoms with Crippen molar-refractivity contribution >= 4 is 0 Å². The number of hydrogen-bond donors (Lipinski definition) is 1. The number of hydrogen-bond acceptors (Lipinski definition) is 1. The maximum atomic E-state index is 3.65. The maximum absolute atomic E-state index is 3.65. The van der Waals surface area contributed by atoms with Crippen LogP contribution in [0, 0.1) is 40.5 Å². The van der Waals surface area contributed by atoms with Crippen LogP contribution in [-0.2, 0) is 0 Å². The molecule has 0 bridgehead atoms. The van der Waals surface area contributed by atoms with Crippen molar-refractivity contribution < 1.29 is 0 Å². The van der Waals surface area contributed by atoms with Gasteiger partial charge in [-0.05, 0) is 80.5 Å². The first-order valence-electron chi connectivity index (χ1n) is 7.13. The molecule has 0 aromatic heterocycles. The number of benzene rings is 1. The molecule has 0 radical (unpaired) electrons. The van der Waals surface area contributed by atoms with Gasteiger partial charge in [-0.25, -0.2) is 0 Å². The van der Waals surface area contributed by atoms with Crippen LogP contribution in [0.1, 0.15) is 60.2 Å². The number of nitrogens with one attached hydrogen (secondary N) is 1. The molecule has 1 rings (SSSR count). The van der Waals surface area contributed by atoms with Gasteiger partial charge in [0.25, 0.3) is 0 Å². The van der Waals surface area contributed by atoms with Gasteiger partial charge in [0.05, 0.1) is 0 Å². The third-order valence-corrected chi connectivity index (χ3v) is 4.46. The third-order valence-electron chi connectivity index (χ3n) is 4.46. The zero-order valence-corrected chi connectivity index (χ0v) is 13.4. The first kappa shape index (κ1) is 15.2. The molecule has 0 aliphatic rings. The molecular formula is C17H29N. The Balaban J connectivity index is 3.47. The summed E-state index contributed by atoms with van der Waals surface area (Å²) >= 11 is 0. The third kappa shape index (κ3) is 2.61. The van der Waals surface area contributed by atoms with Gasteiger partial charge in [-0.15, -0.1) is 0 Å². The lowest BCUT2D eigenvalue weighted by Crippen LogP contribution is -2.27. The van der Waals surface area contributed by atoms with Gasteiger partial charge < -0.3 is 5.32 Å². The summed E-state index contributed by atoms with van der Waals surface area (Å²) in [5, 5.41) is 3.65. The van der Waals surface area contributed by atoms with E-state index in [9.17, 15) is 0 Å². The van der Waals surface area contributed by atoms with E-state index in [-0.39, 0.29) is 0 Å². The van der Waals surface area contributed by atoms with E-state index in [1.54, 1.807) is 0 Å². The molecule has 1 N–H and O–H groups in total. The van der Waals surface area contributed by atoms with Crippen LogP contribution in [0.5, 0.6) is 0 Å². The minimum Gasteiger partial charge on any atom is -0.310 e. The summed E-state index contributed by atoms with van der Waals surface area (Å²) in [6, 6.07) is 0.466. The average molecular weight is 247 g/mol. The fourth-order valence-corrected chi connectivity index (χ4v) is 2.89. The molecule has 1 nitrogen and oxygen atoms in total. The predicted octanol–water partition coefficient (Wildman–Crippen LogP) is 4.54. The standard InChI is InChI=1S/C17H29N/c1-9-18-17(10(2)3)16-14(7)12(5)11(4)13(6)15(16)8/h10,17-18H,9H2,1-8H3. The summed E-state index contributed by atoms with van der Waals surface area (Å²) in [5.74, 6) is 0.615. The summed E-state index contributed by atoms with van der Waals surface area (Å²) < 4.78 is 0. The molecular weight excluding hydrogens is 218 g/mol. The van der Waals surface area contributed by atoms with Crippen LogP contribution >= 0.6 is 0 Å². The first-order valence-corrected chi connectivity index (χ1v) is 7.13. The highest BCUT2D eigenvalue weighted by atomic mass is 14.9. The van der Waals surface area contributed by atoms with Crippen LogP contribution in [-0.4, -0.2) is 6.54 Å². The van der Waals surface area contributed by atoms with E-state index in [2.05, 4.69) is 60.7 Å². The quantitative estimate of drug-likeness (QED) is 0.824. The lowest BCUT2D eigenvalue weighted by Gasteiger charge is -2.29. The first-order chi connectivity index (χ1) is 8.32. The van der Waals surface area contributed by atoms with Crippen molar-refractivity contribution in [3.8, 4) is 0 Å². The Kier molecular flexibility index (Phi) is 4.98. The fraction of sp³-hybridized carbons (Fsp3) is 0.647. The van der Waals surface area contributed by atoms with Gasteiger partial charge >= 0.3 is 0 Å². The molecule has 0 fully saturated rings. The van der Waals surface area contributed by atoms with Crippen molar-refractivity contribution in [2.24, 2.45) is 5.92 Å². The summed E-state index contributed by atoms with van der Waals surface area (Å²) in [4.78, 5) is 0. The Labute approximate surface area is 113 Å². The summed E-state index contributed by atoms with van der Waals surface area (Å²) in [7, 11) is 0. The highest BCUT2D eigenvalue weighted by Crippen LogP contribution is 2.33. The van der Waals surface area contributed by atoms with E-state index < -0.39 is 0 Å². The molecule has 1 aromatic carbocycles. The Morgan fingerprint density at radius 1 is 0.778 bits per heavy atom. The Morgan fingerprint density at radius 2 is 1.17 bits per heavy atom. The lowest BCUT2D eigenvalue weighted by molar-refractivity contribution is 0.418. The van der Waals surface area contributed by atoms with Crippen LogP contribution in [0.15, 0.2) is 0 Å². The molecule has 102 valence electrons. The van der Waals surface area contributed by atoms with Crippen molar-refractivity contribution in [1.29, 1.82) is 0 Å². The van der Waals surface area contributed by atoms with Crippen LogP contribution in [0.2, 0.25) is 0 Å². The highest BCUT2D eigenvalue weighted by molar-refractivity contribution is 5.50. The van der Waals surface area contributed by atoms with Crippen molar-refractivity contribution in [3.63, 3.8) is 0 Å². The molecule has 0 amide bonds. The van der Waals surface area contributed by atoms with E-state index in [1.807, 2.05) is 0 Å². The fourth-order valence-electron chi connectivity index (χ4n) is 2.89. The van der Waals surface area contributed by atoms with Crippen LogP contribution in [0.3, 0.4) is 0 Å².